The Morgan fingerprint density at radius 2 is 1.57 bits per heavy atom. The average molecular weight is 480 g/mol. The first-order chi connectivity index (χ1) is 13.7. The van der Waals surface area contributed by atoms with Crippen molar-refractivity contribution in [2.24, 2.45) is 4.99 Å². The van der Waals surface area contributed by atoms with Gasteiger partial charge in [-0.1, -0.05) is 83.9 Å². The summed E-state index contributed by atoms with van der Waals surface area (Å²) in [5.74, 6) is 0. The van der Waals surface area contributed by atoms with Gasteiger partial charge in [0.25, 0.3) is 0 Å². The topological polar surface area (TPSA) is 15.6 Å². The van der Waals surface area contributed by atoms with Gasteiger partial charge in [-0.2, -0.15) is 0 Å². The minimum absolute atomic E-state index is 0. The van der Waals surface area contributed by atoms with E-state index < -0.39 is 0 Å². The smallest absolute Gasteiger partial charge is 0.0668 e. The van der Waals surface area contributed by atoms with Crippen LogP contribution in [0.3, 0.4) is 0 Å². The van der Waals surface area contributed by atoms with Crippen LogP contribution in [-0.4, -0.2) is 18.8 Å². The summed E-state index contributed by atoms with van der Waals surface area (Å²) in [5.41, 5.74) is 5.64. The van der Waals surface area contributed by atoms with Gasteiger partial charge >= 0.3 is 0 Å². The second-order valence-electron chi connectivity index (χ2n) is 6.70. The summed E-state index contributed by atoms with van der Waals surface area (Å²) in [6.07, 6.45) is 4.09. The number of para-hydroxylation sites is 1. The van der Waals surface area contributed by atoms with Crippen molar-refractivity contribution in [2.75, 3.05) is 18.0 Å². The van der Waals surface area contributed by atoms with E-state index in [1.165, 1.54) is 11.3 Å². The summed E-state index contributed by atoms with van der Waals surface area (Å²) in [5, 5.41) is 1.12. The predicted octanol–water partition coefficient (Wildman–Crippen LogP) is 7.36. The third-order valence-corrected chi connectivity index (χ3v) is 5.51. The lowest BCUT2D eigenvalue weighted by Gasteiger charge is -2.24. The van der Waals surface area contributed by atoms with E-state index in [-0.39, 0.29) is 24.8 Å². The fourth-order valence-electron chi connectivity index (χ4n) is 3.36. The van der Waals surface area contributed by atoms with Crippen molar-refractivity contribution in [2.45, 2.75) is 6.54 Å². The molecule has 6 heteroatoms. The number of halogens is 4. The maximum Gasteiger partial charge on any atom is 0.0668 e. The van der Waals surface area contributed by atoms with Gasteiger partial charge in [0.05, 0.1) is 22.3 Å². The number of allylic oxidation sites excluding steroid dienone is 1. The Kier molecular flexibility index (Phi) is 9.26. The molecule has 30 heavy (non-hydrogen) atoms. The van der Waals surface area contributed by atoms with Crippen molar-refractivity contribution in [3.8, 4) is 0 Å². The van der Waals surface area contributed by atoms with Gasteiger partial charge in [-0.15, -0.1) is 24.8 Å². The summed E-state index contributed by atoms with van der Waals surface area (Å²) in [7, 11) is 0. The zero-order valence-corrected chi connectivity index (χ0v) is 19.3. The van der Waals surface area contributed by atoms with Crippen molar-refractivity contribution in [3.05, 3.63) is 106 Å². The van der Waals surface area contributed by atoms with Crippen LogP contribution in [0.2, 0.25) is 10.0 Å². The van der Waals surface area contributed by atoms with Gasteiger partial charge in [0.15, 0.2) is 0 Å². The number of rotatable bonds is 4. The lowest BCUT2D eigenvalue weighted by atomic mass is 10.0. The maximum atomic E-state index is 6.14. The van der Waals surface area contributed by atoms with E-state index in [4.69, 9.17) is 28.2 Å². The van der Waals surface area contributed by atoms with Crippen LogP contribution in [0.5, 0.6) is 0 Å². The standard InChI is InChI=1S/C24H20Cl2N2.2ClH/c25-21-12-10-18(16-22(21)26)11-13-23-20-8-4-5-9-24(20)28(15-14-27-23)17-19-6-2-1-3-7-19;;/h1-13,16H,14-15,17H2;2*1H/b13-11+;;. The zero-order valence-electron chi connectivity index (χ0n) is 16.2. The minimum atomic E-state index is 0. The number of aliphatic imine (C=N–C) groups is 1. The van der Waals surface area contributed by atoms with Gasteiger partial charge in [0, 0.05) is 24.3 Å². The summed E-state index contributed by atoms with van der Waals surface area (Å²) < 4.78 is 0. The van der Waals surface area contributed by atoms with Crippen LogP contribution in [0.25, 0.3) is 6.08 Å². The van der Waals surface area contributed by atoms with Crippen molar-refractivity contribution in [3.63, 3.8) is 0 Å². The second kappa shape index (κ2) is 11.4. The molecule has 0 aromatic heterocycles. The molecule has 156 valence electrons. The molecule has 2 nitrogen and oxygen atoms in total. The van der Waals surface area contributed by atoms with Crippen LogP contribution >= 0.6 is 48.0 Å². The van der Waals surface area contributed by atoms with Gasteiger partial charge < -0.3 is 4.90 Å². The van der Waals surface area contributed by atoms with Crippen LogP contribution in [0.15, 0.2) is 83.9 Å². The first kappa shape index (κ1) is 24.3. The number of benzodiazepines with no additional fused rings is 1. The van der Waals surface area contributed by atoms with Crippen LogP contribution in [-0.2, 0) is 6.54 Å². The molecule has 0 fully saturated rings. The third-order valence-electron chi connectivity index (χ3n) is 4.77. The van der Waals surface area contributed by atoms with Crippen LogP contribution < -0.4 is 4.90 Å². The highest BCUT2D eigenvalue weighted by Gasteiger charge is 2.17. The molecule has 1 aliphatic heterocycles. The lowest BCUT2D eigenvalue weighted by Crippen LogP contribution is -2.25. The molecule has 0 spiro atoms. The Bertz CT molecular complexity index is 1030. The molecule has 0 bridgehead atoms. The Morgan fingerprint density at radius 3 is 2.33 bits per heavy atom. The van der Waals surface area contributed by atoms with E-state index in [0.717, 1.165) is 36.5 Å². The molecule has 3 aromatic carbocycles. The summed E-state index contributed by atoms with van der Waals surface area (Å²) in [4.78, 5) is 7.24. The Hall–Kier alpha value is -1.97. The fraction of sp³-hybridized carbons (Fsp3) is 0.125. The highest BCUT2D eigenvalue weighted by Crippen LogP contribution is 2.27. The molecule has 0 radical (unpaired) electrons. The van der Waals surface area contributed by atoms with Gasteiger partial charge in [-0.05, 0) is 35.4 Å². The van der Waals surface area contributed by atoms with E-state index in [2.05, 4.69) is 65.6 Å². The van der Waals surface area contributed by atoms with Crippen LogP contribution in [0.4, 0.5) is 5.69 Å². The van der Waals surface area contributed by atoms with Gasteiger partial charge in [-0.3, -0.25) is 4.99 Å². The van der Waals surface area contributed by atoms with Gasteiger partial charge in [0.2, 0.25) is 0 Å². The number of nitrogens with zero attached hydrogens (tertiary/aromatic N) is 2. The van der Waals surface area contributed by atoms with E-state index in [1.54, 1.807) is 0 Å². The molecule has 0 atom stereocenters. The Balaban J connectivity index is 0.00000160. The molecule has 1 heterocycles. The molecular weight excluding hydrogens is 458 g/mol. The molecule has 0 unspecified atom stereocenters. The van der Waals surface area contributed by atoms with Gasteiger partial charge in [0.1, 0.15) is 0 Å². The normalized spacial score (nSPS) is 13.0. The number of hydrogen-bond donors (Lipinski definition) is 0. The molecule has 3 aromatic rings. The highest BCUT2D eigenvalue weighted by atomic mass is 35.5. The SMILES string of the molecule is Cl.Cl.Clc1ccc(/C=C/C2=NCCN(Cc3ccccc3)c3ccccc32)cc1Cl. The quantitative estimate of drug-likeness (QED) is 0.381. The molecule has 0 amide bonds. The van der Waals surface area contributed by atoms with Crippen molar-refractivity contribution < 1.29 is 0 Å². The minimum Gasteiger partial charge on any atom is -0.365 e. The van der Waals surface area contributed by atoms with E-state index >= 15 is 0 Å². The molecule has 0 N–H and O–H groups in total. The highest BCUT2D eigenvalue weighted by molar-refractivity contribution is 6.42. The average Bonchev–Trinajstić information content (AvgIpc) is 2.89. The zero-order chi connectivity index (χ0) is 19.3. The van der Waals surface area contributed by atoms with Crippen molar-refractivity contribution in [1.29, 1.82) is 0 Å². The molecule has 1 aliphatic rings. The Morgan fingerprint density at radius 1 is 0.833 bits per heavy atom. The number of benzene rings is 3. The monoisotopic (exact) mass is 478 g/mol. The van der Waals surface area contributed by atoms with Crippen molar-refractivity contribution >= 4 is 65.5 Å². The van der Waals surface area contributed by atoms with Gasteiger partial charge in [-0.25, -0.2) is 0 Å². The first-order valence-corrected chi connectivity index (χ1v) is 10.0. The number of fused-ring (bicyclic) bond motifs is 1. The lowest BCUT2D eigenvalue weighted by molar-refractivity contribution is 0.797. The van der Waals surface area contributed by atoms with E-state index in [0.29, 0.717) is 10.0 Å². The van der Waals surface area contributed by atoms with Crippen molar-refractivity contribution in [1.82, 2.24) is 0 Å². The fourth-order valence-corrected chi connectivity index (χ4v) is 3.67. The third kappa shape index (κ3) is 5.80. The van der Waals surface area contributed by atoms with E-state index in [9.17, 15) is 0 Å². The first-order valence-electron chi connectivity index (χ1n) is 9.26. The van der Waals surface area contributed by atoms with E-state index in [1.807, 2.05) is 24.3 Å². The molecule has 0 saturated carbocycles. The molecule has 0 saturated heterocycles. The largest absolute Gasteiger partial charge is 0.365 e. The number of anilines is 1. The molecule has 0 aliphatic carbocycles. The van der Waals surface area contributed by atoms with Crippen LogP contribution in [0.1, 0.15) is 16.7 Å². The summed E-state index contributed by atoms with van der Waals surface area (Å²) in [6, 6.07) is 24.6. The second-order valence-corrected chi connectivity index (χ2v) is 7.51. The molecule has 4 rings (SSSR count). The number of hydrogen-bond acceptors (Lipinski definition) is 2. The summed E-state index contributed by atoms with van der Waals surface area (Å²) in [6.45, 7) is 2.51. The summed E-state index contributed by atoms with van der Waals surface area (Å²) >= 11 is 12.2. The molecular formula is C24H22Cl4N2. The maximum absolute atomic E-state index is 6.14. The van der Waals surface area contributed by atoms with Crippen LogP contribution in [0, 0.1) is 0 Å². The predicted molar refractivity (Wildman–Crippen MR) is 135 cm³/mol. The Labute approximate surface area is 200 Å².